The second-order valence-corrected chi connectivity index (χ2v) is 5.94. The summed E-state index contributed by atoms with van der Waals surface area (Å²) < 4.78 is 28.5. The molecule has 0 radical (unpaired) electrons. The summed E-state index contributed by atoms with van der Waals surface area (Å²) in [6.07, 6.45) is -0.838. The molecule has 4 rings (SSSR count). The van der Waals surface area contributed by atoms with E-state index in [9.17, 15) is 13.9 Å². The zero-order valence-electron chi connectivity index (χ0n) is 14.0. The summed E-state index contributed by atoms with van der Waals surface area (Å²) in [5.74, 6) is -0.0371. The van der Waals surface area contributed by atoms with E-state index in [1.807, 2.05) is 0 Å². The number of fused-ring (bicyclic) bond motifs is 1. The number of anilines is 1. The van der Waals surface area contributed by atoms with Gasteiger partial charge in [-0.3, -0.25) is 0 Å². The molecule has 2 heterocycles. The Balaban J connectivity index is 1.57. The van der Waals surface area contributed by atoms with E-state index in [-0.39, 0.29) is 18.2 Å². The van der Waals surface area contributed by atoms with Crippen molar-refractivity contribution in [3.8, 4) is 11.4 Å². The molecular formula is C19H15F2N5O. The second-order valence-electron chi connectivity index (χ2n) is 5.94. The predicted molar refractivity (Wildman–Crippen MR) is 96.0 cm³/mol. The van der Waals surface area contributed by atoms with Crippen molar-refractivity contribution in [3.05, 3.63) is 77.9 Å². The van der Waals surface area contributed by atoms with Crippen molar-refractivity contribution in [3.63, 3.8) is 0 Å². The van der Waals surface area contributed by atoms with Crippen molar-refractivity contribution in [2.24, 2.45) is 0 Å². The second kappa shape index (κ2) is 7.08. The van der Waals surface area contributed by atoms with Gasteiger partial charge in [-0.2, -0.15) is 4.52 Å². The summed E-state index contributed by atoms with van der Waals surface area (Å²) in [5.41, 5.74) is 1.35. The molecule has 6 nitrogen and oxygen atoms in total. The number of halogens is 2. The van der Waals surface area contributed by atoms with Crippen molar-refractivity contribution in [2.45, 2.75) is 6.10 Å². The molecule has 2 aromatic carbocycles. The van der Waals surface area contributed by atoms with Gasteiger partial charge in [-0.25, -0.2) is 8.78 Å². The van der Waals surface area contributed by atoms with Crippen LogP contribution in [0.1, 0.15) is 11.7 Å². The van der Waals surface area contributed by atoms with Crippen molar-refractivity contribution in [1.82, 2.24) is 19.8 Å². The fourth-order valence-corrected chi connectivity index (χ4v) is 2.70. The van der Waals surface area contributed by atoms with Gasteiger partial charge in [-0.15, -0.1) is 15.3 Å². The molecule has 0 amide bonds. The van der Waals surface area contributed by atoms with Gasteiger partial charge in [0.25, 0.3) is 0 Å². The highest BCUT2D eigenvalue weighted by Crippen LogP contribution is 2.21. The van der Waals surface area contributed by atoms with Gasteiger partial charge in [0.15, 0.2) is 11.5 Å². The van der Waals surface area contributed by atoms with E-state index in [1.54, 1.807) is 30.3 Å². The largest absolute Gasteiger partial charge is 0.387 e. The molecule has 2 aromatic heterocycles. The fourth-order valence-electron chi connectivity index (χ4n) is 2.70. The van der Waals surface area contributed by atoms with Crippen molar-refractivity contribution in [1.29, 1.82) is 0 Å². The number of hydrogen-bond donors (Lipinski definition) is 2. The molecule has 2 N–H and O–H groups in total. The van der Waals surface area contributed by atoms with Crippen LogP contribution in [0.5, 0.6) is 0 Å². The van der Waals surface area contributed by atoms with Crippen molar-refractivity contribution in [2.75, 3.05) is 11.9 Å². The highest BCUT2D eigenvalue weighted by molar-refractivity contribution is 5.60. The summed E-state index contributed by atoms with van der Waals surface area (Å²) >= 11 is 0. The molecule has 0 fully saturated rings. The Morgan fingerprint density at radius 1 is 0.963 bits per heavy atom. The summed E-state index contributed by atoms with van der Waals surface area (Å²) in [4.78, 5) is 0. The van der Waals surface area contributed by atoms with E-state index >= 15 is 0 Å². The number of nitrogens with one attached hydrogen (secondary N) is 1. The lowest BCUT2D eigenvalue weighted by Gasteiger charge is -2.12. The van der Waals surface area contributed by atoms with Crippen molar-refractivity contribution < 1.29 is 13.9 Å². The van der Waals surface area contributed by atoms with Gasteiger partial charge in [0.1, 0.15) is 17.5 Å². The van der Waals surface area contributed by atoms with Crippen LogP contribution in [0.15, 0.2) is 60.7 Å². The zero-order valence-corrected chi connectivity index (χ0v) is 14.0. The first kappa shape index (κ1) is 17.0. The first-order chi connectivity index (χ1) is 13.1. The molecule has 0 saturated carbocycles. The third-order valence-electron chi connectivity index (χ3n) is 4.11. The fraction of sp³-hybridized carbons (Fsp3) is 0.105. The average Bonchev–Trinajstić information content (AvgIpc) is 3.10. The number of benzene rings is 2. The molecule has 0 aliphatic rings. The minimum absolute atomic E-state index is 0.168. The van der Waals surface area contributed by atoms with Crippen LogP contribution in [0.4, 0.5) is 14.6 Å². The maximum Gasteiger partial charge on any atom is 0.188 e. The lowest BCUT2D eigenvalue weighted by atomic mass is 10.1. The zero-order chi connectivity index (χ0) is 18.8. The van der Waals surface area contributed by atoms with Crippen LogP contribution in [0.25, 0.3) is 17.0 Å². The van der Waals surface area contributed by atoms with Crippen LogP contribution in [0.2, 0.25) is 0 Å². The quantitative estimate of drug-likeness (QED) is 0.567. The number of aliphatic hydroxyl groups is 1. The first-order valence-corrected chi connectivity index (χ1v) is 8.26. The lowest BCUT2D eigenvalue weighted by Crippen LogP contribution is -2.14. The van der Waals surface area contributed by atoms with Crippen LogP contribution in [0, 0.1) is 11.6 Å². The van der Waals surface area contributed by atoms with Crippen LogP contribution in [-0.2, 0) is 0 Å². The van der Waals surface area contributed by atoms with Crippen LogP contribution in [0.3, 0.4) is 0 Å². The van der Waals surface area contributed by atoms with E-state index in [1.165, 1.54) is 34.8 Å². The number of aromatic nitrogens is 4. The van der Waals surface area contributed by atoms with Crippen molar-refractivity contribution >= 4 is 11.5 Å². The number of hydrogen-bond acceptors (Lipinski definition) is 5. The maximum absolute atomic E-state index is 14.1. The molecule has 0 bridgehead atoms. The Bertz CT molecular complexity index is 1080. The number of nitrogens with zero attached hydrogens (tertiary/aromatic N) is 4. The Morgan fingerprint density at radius 3 is 2.52 bits per heavy atom. The predicted octanol–water partition coefficient (Wildman–Crippen LogP) is 3.22. The third kappa shape index (κ3) is 3.47. The molecule has 136 valence electrons. The Labute approximate surface area is 153 Å². The minimum atomic E-state index is -0.838. The topological polar surface area (TPSA) is 75.3 Å². The monoisotopic (exact) mass is 367 g/mol. The average molecular weight is 367 g/mol. The summed E-state index contributed by atoms with van der Waals surface area (Å²) in [6.45, 7) is 0.168. The van der Waals surface area contributed by atoms with Gasteiger partial charge < -0.3 is 10.4 Å². The molecular weight excluding hydrogens is 352 g/mol. The van der Waals surface area contributed by atoms with Gasteiger partial charge in [0.05, 0.1) is 11.7 Å². The Hall–Kier alpha value is -3.39. The van der Waals surface area contributed by atoms with E-state index < -0.39 is 11.9 Å². The Morgan fingerprint density at radius 2 is 1.74 bits per heavy atom. The third-order valence-corrected chi connectivity index (χ3v) is 4.11. The Kier molecular flexibility index (Phi) is 4.47. The van der Waals surface area contributed by atoms with E-state index in [2.05, 4.69) is 20.6 Å². The smallest absolute Gasteiger partial charge is 0.188 e. The van der Waals surface area contributed by atoms with E-state index in [0.29, 0.717) is 22.6 Å². The first-order valence-electron chi connectivity index (χ1n) is 8.26. The summed E-state index contributed by atoms with van der Waals surface area (Å²) in [6, 6.07) is 15.3. The van der Waals surface area contributed by atoms with Gasteiger partial charge in [0, 0.05) is 6.54 Å². The normalized spacial score (nSPS) is 12.3. The van der Waals surface area contributed by atoms with Crippen LogP contribution >= 0.6 is 0 Å². The molecule has 27 heavy (non-hydrogen) atoms. The molecule has 0 aliphatic carbocycles. The van der Waals surface area contributed by atoms with Crippen LogP contribution in [-0.4, -0.2) is 31.5 Å². The molecule has 8 heteroatoms. The molecule has 0 saturated heterocycles. The van der Waals surface area contributed by atoms with E-state index in [4.69, 9.17) is 0 Å². The minimum Gasteiger partial charge on any atom is -0.387 e. The van der Waals surface area contributed by atoms with E-state index in [0.717, 1.165) is 0 Å². The summed E-state index contributed by atoms with van der Waals surface area (Å²) in [5, 5.41) is 25.6. The standard InChI is InChI=1S/C19H15F2N5O/c20-13-7-5-12(6-8-13)16(27)11-22-17-9-10-18-23-24-19(26(18)25-17)14-3-1-2-4-15(14)21/h1-10,16,27H,11H2,(H,22,25). The molecule has 1 unspecified atom stereocenters. The van der Waals surface area contributed by atoms with Crippen LogP contribution < -0.4 is 5.32 Å². The van der Waals surface area contributed by atoms with Gasteiger partial charge in [0.2, 0.25) is 0 Å². The molecule has 4 aromatic rings. The molecule has 0 aliphatic heterocycles. The van der Waals surface area contributed by atoms with Gasteiger partial charge in [-0.1, -0.05) is 24.3 Å². The maximum atomic E-state index is 14.1. The van der Waals surface area contributed by atoms with Gasteiger partial charge >= 0.3 is 0 Å². The van der Waals surface area contributed by atoms with Gasteiger partial charge in [-0.05, 0) is 42.0 Å². The SMILES string of the molecule is OC(CNc1ccc2nnc(-c3ccccc3F)n2n1)c1ccc(F)cc1. The number of rotatable bonds is 5. The highest BCUT2D eigenvalue weighted by Gasteiger charge is 2.14. The summed E-state index contributed by atoms with van der Waals surface area (Å²) in [7, 11) is 0. The lowest BCUT2D eigenvalue weighted by molar-refractivity contribution is 0.191. The highest BCUT2D eigenvalue weighted by atomic mass is 19.1. The molecule has 0 spiro atoms. The molecule has 1 atom stereocenters. The number of aliphatic hydroxyl groups excluding tert-OH is 1.